The molecule has 1 aromatic carbocycles. The Balaban J connectivity index is 2.43. The summed E-state index contributed by atoms with van der Waals surface area (Å²) in [5, 5.41) is 0. The molecule has 106 valence electrons. The van der Waals surface area contributed by atoms with Gasteiger partial charge in [0.1, 0.15) is 0 Å². The Labute approximate surface area is 119 Å². The van der Waals surface area contributed by atoms with Gasteiger partial charge in [0.2, 0.25) is 10.0 Å². The zero-order valence-corrected chi connectivity index (χ0v) is 12.5. The fraction of sp³-hybridized carbons (Fsp3) is 0.538. The Bertz CT molecular complexity index is 539. The minimum Gasteiger partial charge on any atom is -0.379 e. The average Bonchev–Trinajstić information content (AvgIpc) is 2.47. The van der Waals surface area contributed by atoms with E-state index < -0.39 is 10.0 Å². The van der Waals surface area contributed by atoms with Crippen molar-refractivity contribution >= 4 is 21.6 Å². The SMILES string of the molecule is CCc1ccc(CCl)cc1S(=O)(=O)N1CCOCC1. The number of rotatable bonds is 4. The van der Waals surface area contributed by atoms with E-state index in [0.717, 1.165) is 11.1 Å². The summed E-state index contributed by atoms with van der Waals surface area (Å²) in [4.78, 5) is 0.384. The lowest BCUT2D eigenvalue weighted by Crippen LogP contribution is -2.40. The molecule has 0 saturated carbocycles. The summed E-state index contributed by atoms with van der Waals surface area (Å²) in [7, 11) is -3.44. The van der Waals surface area contributed by atoms with Crippen molar-refractivity contribution in [1.29, 1.82) is 0 Å². The average molecular weight is 304 g/mol. The molecule has 0 aliphatic carbocycles. The van der Waals surface area contributed by atoms with E-state index in [4.69, 9.17) is 16.3 Å². The molecule has 0 amide bonds. The molecule has 1 aliphatic rings. The van der Waals surface area contributed by atoms with Gasteiger partial charge in [0.05, 0.1) is 18.1 Å². The van der Waals surface area contributed by atoms with Crippen molar-refractivity contribution in [2.75, 3.05) is 26.3 Å². The Hall–Kier alpha value is -0.620. The predicted octanol–water partition coefficient (Wildman–Crippen LogP) is 2.01. The lowest BCUT2D eigenvalue weighted by Gasteiger charge is -2.27. The quantitative estimate of drug-likeness (QED) is 0.799. The van der Waals surface area contributed by atoms with Crippen LogP contribution in [-0.2, 0) is 27.1 Å². The lowest BCUT2D eigenvalue weighted by atomic mass is 10.1. The highest BCUT2D eigenvalue weighted by Crippen LogP contribution is 2.24. The molecule has 4 nitrogen and oxygen atoms in total. The third kappa shape index (κ3) is 3.11. The topological polar surface area (TPSA) is 46.6 Å². The molecule has 1 heterocycles. The van der Waals surface area contributed by atoms with E-state index in [1.807, 2.05) is 19.1 Å². The fourth-order valence-electron chi connectivity index (χ4n) is 2.14. The number of hydrogen-bond acceptors (Lipinski definition) is 3. The number of halogens is 1. The maximum absolute atomic E-state index is 12.7. The largest absolute Gasteiger partial charge is 0.379 e. The van der Waals surface area contributed by atoms with Gasteiger partial charge in [0, 0.05) is 19.0 Å². The second-order valence-electron chi connectivity index (χ2n) is 4.45. The maximum atomic E-state index is 12.7. The van der Waals surface area contributed by atoms with Crippen LogP contribution >= 0.6 is 11.6 Å². The molecular weight excluding hydrogens is 286 g/mol. The monoisotopic (exact) mass is 303 g/mol. The molecule has 0 spiro atoms. The molecule has 2 rings (SSSR count). The van der Waals surface area contributed by atoms with Crippen molar-refractivity contribution in [3.63, 3.8) is 0 Å². The zero-order valence-electron chi connectivity index (χ0n) is 10.9. The van der Waals surface area contributed by atoms with Gasteiger partial charge in [-0.1, -0.05) is 19.1 Å². The smallest absolute Gasteiger partial charge is 0.243 e. The van der Waals surface area contributed by atoms with Gasteiger partial charge in [-0.25, -0.2) is 8.42 Å². The van der Waals surface area contributed by atoms with Gasteiger partial charge in [-0.2, -0.15) is 4.31 Å². The molecule has 0 bridgehead atoms. The van der Waals surface area contributed by atoms with Crippen LogP contribution in [-0.4, -0.2) is 39.0 Å². The number of sulfonamides is 1. The third-order valence-corrected chi connectivity index (χ3v) is 5.54. The van der Waals surface area contributed by atoms with Crippen molar-refractivity contribution < 1.29 is 13.2 Å². The van der Waals surface area contributed by atoms with Gasteiger partial charge in [-0.15, -0.1) is 11.6 Å². The molecule has 0 N–H and O–H groups in total. The van der Waals surface area contributed by atoms with E-state index in [2.05, 4.69) is 0 Å². The summed E-state index contributed by atoms with van der Waals surface area (Å²) >= 11 is 5.80. The molecule has 0 radical (unpaired) electrons. The number of morpholine rings is 1. The van der Waals surface area contributed by atoms with Crippen LogP contribution in [0.15, 0.2) is 23.1 Å². The Morgan fingerprint density at radius 3 is 2.58 bits per heavy atom. The van der Waals surface area contributed by atoms with Gasteiger partial charge in [0.25, 0.3) is 0 Å². The first kappa shape index (κ1) is 14.8. The number of ether oxygens (including phenoxy) is 1. The molecule has 1 fully saturated rings. The summed E-state index contributed by atoms with van der Waals surface area (Å²) in [6.45, 7) is 3.69. The summed E-state index contributed by atoms with van der Waals surface area (Å²) < 4.78 is 32.0. The molecule has 1 saturated heterocycles. The van der Waals surface area contributed by atoms with E-state index in [1.54, 1.807) is 6.07 Å². The maximum Gasteiger partial charge on any atom is 0.243 e. The minimum atomic E-state index is -3.44. The van der Waals surface area contributed by atoms with Gasteiger partial charge in [-0.3, -0.25) is 0 Å². The third-order valence-electron chi connectivity index (χ3n) is 3.25. The number of aryl methyl sites for hydroxylation is 1. The van der Waals surface area contributed by atoms with E-state index in [9.17, 15) is 8.42 Å². The molecule has 0 aromatic heterocycles. The van der Waals surface area contributed by atoms with Crippen LogP contribution in [0.2, 0.25) is 0 Å². The zero-order chi connectivity index (χ0) is 13.9. The number of benzene rings is 1. The van der Waals surface area contributed by atoms with Crippen molar-refractivity contribution in [3.8, 4) is 0 Å². The van der Waals surface area contributed by atoms with Gasteiger partial charge in [0.15, 0.2) is 0 Å². The normalized spacial score (nSPS) is 17.6. The molecule has 0 atom stereocenters. The molecule has 0 unspecified atom stereocenters. The van der Waals surface area contributed by atoms with Crippen LogP contribution in [0, 0.1) is 0 Å². The van der Waals surface area contributed by atoms with Crippen molar-refractivity contribution in [3.05, 3.63) is 29.3 Å². The Morgan fingerprint density at radius 1 is 1.32 bits per heavy atom. The van der Waals surface area contributed by atoms with Crippen molar-refractivity contribution in [2.45, 2.75) is 24.1 Å². The standard InChI is InChI=1S/C13H18ClNO3S/c1-2-12-4-3-11(10-14)9-13(12)19(16,17)15-5-7-18-8-6-15/h3-4,9H,2,5-8,10H2,1H3. The number of nitrogens with zero attached hydrogens (tertiary/aromatic N) is 1. The predicted molar refractivity (Wildman–Crippen MR) is 75.0 cm³/mol. The highest BCUT2D eigenvalue weighted by Gasteiger charge is 2.28. The highest BCUT2D eigenvalue weighted by molar-refractivity contribution is 7.89. The molecule has 19 heavy (non-hydrogen) atoms. The van der Waals surface area contributed by atoms with Gasteiger partial charge >= 0.3 is 0 Å². The lowest BCUT2D eigenvalue weighted by molar-refractivity contribution is 0.0730. The summed E-state index contributed by atoms with van der Waals surface area (Å²) in [5.74, 6) is 0.315. The second-order valence-corrected chi connectivity index (χ2v) is 6.62. The first-order valence-electron chi connectivity index (χ1n) is 6.35. The van der Waals surface area contributed by atoms with Crippen LogP contribution in [0.1, 0.15) is 18.1 Å². The van der Waals surface area contributed by atoms with Crippen LogP contribution in [0.3, 0.4) is 0 Å². The Kier molecular flexibility index (Phi) is 4.84. The van der Waals surface area contributed by atoms with E-state index in [0.29, 0.717) is 43.5 Å². The van der Waals surface area contributed by atoms with E-state index in [-0.39, 0.29) is 0 Å². The number of hydrogen-bond donors (Lipinski definition) is 0. The van der Waals surface area contributed by atoms with E-state index in [1.165, 1.54) is 4.31 Å². The summed E-state index contributed by atoms with van der Waals surface area (Å²) in [5.41, 5.74) is 1.66. The first-order valence-corrected chi connectivity index (χ1v) is 8.32. The van der Waals surface area contributed by atoms with Crippen LogP contribution < -0.4 is 0 Å². The molecular formula is C13H18ClNO3S. The Morgan fingerprint density at radius 2 is 2.00 bits per heavy atom. The minimum absolute atomic E-state index is 0.315. The summed E-state index contributed by atoms with van der Waals surface area (Å²) in [6.07, 6.45) is 0.682. The van der Waals surface area contributed by atoms with Crippen LogP contribution in [0.25, 0.3) is 0 Å². The van der Waals surface area contributed by atoms with Gasteiger partial charge in [-0.05, 0) is 23.6 Å². The van der Waals surface area contributed by atoms with Crippen LogP contribution in [0.5, 0.6) is 0 Å². The molecule has 1 aromatic rings. The van der Waals surface area contributed by atoms with Crippen molar-refractivity contribution in [2.24, 2.45) is 0 Å². The molecule has 6 heteroatoms. The second kappa shape index (κ2) is 6.22. The molecule has 1 aliphatic heterocycles. The van der Waals surface area contributed by atoms with Crippen LogP contribution in [0.4, 0.5) is 0 Å². The highest BCUT2D eigenvalue weighted by atomic mass is 35.5. The van der Waals surface area contributed by atoms with Crippen molar-refractivity contribution in [1.82, 2.24) is 4.31 Å². The van der Waals surface area contributed by atoms with E-state index >= 15 is 0 Å². The fourth-order valence-corrected chi connectivity index (χ4v) is 4.06. The first-order chi connectivity index (χ1) is 9.09. The van der Waals surface area contributed by atoms with Gasteiger partial charge < -0.3 is 4.74 Å². The number of alkyl halides is 1. The summed E-state index contributed by atoms with van der Waals surface area (Å²) in [6, 6.07) is 5.42.